The molecule has 0 radical (unpaired) electrons. The van der Waals surface area contributed by atoms with Gasteiger partial charge in [-0.3, -0.25) is 24.1 Å². The second-order valence-electron chi connectivity index (χ2n) is 7.71. The van der Waals surface area contributed by atoms with Gasteiger partial charge in [0.25, 0.3) is 17.7 Å². The van der Waals surface area contributed by atoms with Crippen molar-refractivity contribution in [2.75, 3.05) is 0 Å². The molecule has 2 N–H and O–H groups in total. The van der Waals surface area contributed by atoms with Gasteiger partial charge in [-0.15, -0.1) is 0 Å². The van der Waals surface area contributed by atoms with Crippen LogP contribution in [0.1, 0.15) is 76.0 Å². The lowest BCUT2D eigenvalue weighted by atomic mass is 9.80. The Morgan fingerprint density at radius 1 is 1.00 bits per heavy atom. The summed E-state index contributed by atoms with van der Waals surface area (Å²) in [6.07, 6.45) is 5.68. The van der Waals surface area contributed by atoms with Gasteiger partial charge in [0.05, 0.1) is 17.0 Å². The highest BCUT2D eigenvalue weighted by molar-refractivity contribution is 6.22. The van der Waals surface area contributed by atoms with Crippen LogP contribution in [0, 0.1) is 5.92 Å². The normalized spacial score (nSPS) is 25.1. The van der Waals surface area contributed by atoms with Crippen LogP contribution in [0.5, 0.6) is 0 Å². The smallest absolute Gasteiger partial charge is 0.306 e. The number of carboxylic acid groups (broad SMARTS) is 1. The number of aliphatic carboxylic acids is 1. The molecule has 0 atom stereocenters. The van der Waals surface area contributed by atoms with Crippen LogP contribution in [0.4, 0.5) is 0 Å². The Morgan fingerprint density at radius 2 is 1.67 bits per heavy atom. The van der Waals surface area contributed by atoms with Crippen molar-refractivity contribution < 1.29 is 24.3 Å². The molecule has 1 aromatic rings. The van der Waals surface area contributed by atoms with Crippen LogP contribution in [0.25, 0.3) is 0 Å². The van der Waals surface area contributed by atoms with E-state index in [0.29, 0.717) is 24.0 Å². The summed E-state index contributed by atoms with van der Waals surface area (Å²) in [6, 6.07) is 4.38. The lowest BCUT2D eigenvalue weighted by Gasteiger charge is -2.32. The third kappa shape index (κ3) is 3.11. The zero-order valence-electron chi connectivity index (χ0n) is 14.9. The molecule has 4 rings (SSSR count). The Labute approximate surface area is 156 Å². The van der Waals surface area contributed by atoms with Crippen molar-refractivity contribution in [1.82, 2.24) is 10.2 Å². The number of hydrogen-bond acceptors (Lipinski definition) is 4. The molecule has 3 aliphatic rings. The number of nitrogens with zero attached hydrogens (tertiary/aromatic N) is 1. The van der Waals surface area contributed by atoms with Gasteiger partial charge in [0.15, 0.2) is 0 Å². The summed E-state index contributed by atoms with van der Waals surface area (Å²) < 4.78 is 0. The zero-order chi connectivity index (χ0) is 19.1. The molecule has 0 unspecified atom stereocenters. The number of nitrogens with one attached hydrogen (secondary N) is 1. The van der Waals surface area contributed by atoms with Crippen molar-refractivity contribution >= 4 is 23.7 Å². The van der Waals surface area contributed by atoms with Crippen LogP contribution >= 0.6 is 0 Å². The van der Waals surface area contributed by atoms with Gasteiger partial charge >= 0.3 is 5.97 Å². The number of carbonyl (C=O) groups is 4. The van der Waals surface area contributed by atoms with Crippen LogP contribution in [0.3, 0.4) is 0 Å². The van der Waals surface area contributed by atoms with E-state index in [2.05, 4.69) is 5.32 Å². The molecule has 2 saturated carbocycles. The predicted molar refractivity (Wildman–Crippen MR) is 95.4 cm³/mol. The fourth-order valence-corrected chi connectivity index (χ4v) is 4.28. The Morgan fingerprint density at radius 3 is 2.33 bits per heavy atom. The lowest BCUT2D eigenvalue weighted by molar-refractivity contribution is -0.145. The van der Waals surface area contributed by atoms with Crippen LogP contribution in [-0.2, 0) is 4.79 Å². The summed E-state index contributed by atoms with van der Waals surface area (Å²) >= 11 is 0. The molecule has 0 bridgehead atoms. The molecule has 0 saturated heterocycles. The van der Waals surface area contributed by atoms with E-state index in [1.165, 1.54) is 11.0 Å². The van der Waals surface area contributed by atoms with E-state index in [9.17, 15) is 19.2 Å². The number of benzene rings is 1. The summed E-state index contributed by atoms with van der Waals surface area (Å²) in [7, 11) is 0. The second-order valence-corrected chi connectivity index (χ2v) is 7.71. The van der Waals surface area contributed by atoms with Crippen LogP contribution in [0.15, 0.2) is 18.2 Å². The molecule has 2 aliphatic carbocycles. The van der Waals surface area contributed by atoms with Crippen molar-refractivity contribution in [2.24, 2.45) is 5.92 Å². The maximum atomic E-state index is 12.8. The van der Waals surface area contributed by atoms with Gasteiger partial charge in [-0.2, -0.15) is 0 Å². The van der Waals surface area contributed by atoms with E-state index >= 15 is 0 Å². The first-order valence-electron chi connectivity index (χ1n) is 9.51. The molecule has 2 fully saturated rings. The summed E-state index contributed by atoms with van der Waals surface area (Å²) in [4.78, 5) is 50.1. The Kier molecular flexibility index (Phi) is 4.45. The first-order chi connectivity index (χ1) is 13.0. The molecule has 27 heavy (non-hydrogen) atoms. The van der Waals surface area contributed by atoms with E-state index in [0.717, 1.165) is 32.1 Å². The topological polar surface area (TPSA) is 104 Å². The first-order valence-corrected chi connectivity index (χ1v) is 9.51. The van der Waals surface area contributed by atoms with Crippen molar-refractivity contribution in [3.05, 3.63) is 34.9 Å². The summed E-state index contributed by atoms with van der Waals surface area (Å²) in [6.45, 7) is 0. The number of amides is 3. The third-order valence-electron chi connectivity index (χ3n) is 5.94. The SMILES string of the molecule is O=C(NC1CC(C(=O)O)C1)c1ccc2c(c1)C(=O)N(C1CCCCC1)C2=O. The quantitative estimate of drug-likeness (QED) is 0.791. The summed E-state index contributed by atoms with van der Waals surface area (Å²) in [5.41, 5.74) is 0.964. The van der Waals surface area contributed by atoms with Crippen LogP contribution in [-0.4, -0.2) is 45.8 Å². The highest BCUT2D eigenvalue weighted by Crippen LogP contribution is 2.32. The molecule has 1 aromatic carbocycles. The number of carbonyl (C=O) groups excluding carboxylic acids is 3. The van der Waals surface area contributed by atoms with Gasteiger partial charge < -0.3 is 10.4 Å². The first kappa shape index (κ1) is 17.7. The van der Waals surface area contributed by atoms with Crippen molar-refractivity contribution in [3.63, 3.8) is 0 Å². The van der Waals surface area contributed by atoms with Gasteiger partial charge in [0.1, 0.15) is 0 Å². The number of imide groups is 1. The maximum Gasteiger partial charge on any atom is 0.306 e. The number of carboxylic acids is 1. The number of fused-ring (bicyclic) bond motifs is 1. The minimum Gasteiger partial charge on any atom is -0.481 e. The van der Waals surface area contributed by atoms with Gasteiger partial charge in [0, 0.05) is 17.6 Å². The maximum absolute atomic E-state index is 12.8. The average Bonchev–Trinajstić information content (AvgIpc) is 2.88. The molecular weight excluding hydrogens is 348 g/mol. The predicted octanol–water partition coefficient (Wildman–Crippen LogP) is 2.21. The van der Waals surface area contributed by atoms with Gasteiger partial charge in [-0.25, -0.2) is 0 Å². The molecule has 0 spiro atoms. The highest BCUT2D eigenvalue weighted by atomic mass is 16.4. The Hall–Kier alpha value is -2.70. The minimum atomic E-state index is -0.843. The summed E-state index contributed by atoms with van der Waals surface area (Å²) in [5.74, 6) is -2.17. The van der Waals surface area contributed by atoms with Crippen molar-refractivity contribution in [3.8, 4) is 0 Å². The van der Waals surface area contributed by atoms with Gasteiger partial charge in [-0.05, 0) is 43.9 Å². The highest BCUT2D eigenvalue weighted by Gasteiger charge is 2.41. The third-order valence-corrected chi connectivity index (χ3v) is 5.94. The molecule has 3 amide bonds. The fraction of sp³-hybridized carbons (Fsp3) is 0.500. The van der Waals surface area contributed by atoms with E-state index in [1.807, 2.05) is 0 Å². The largest absolute Gasteiger partial charge is 0.481 e. The number of hydrogen-bond donors (Lipinski definition) is 2. The van der Waals surface area contributed by atoms with E-state index in [1.54, 1.807) is 12.1 Å². The zero-order valence-corrected chi connectivity index (χ0v) is 14.9. The van der Waals surface area contributed by atoms with E-state index < -0.39 is 11.9 Å². The van der Waals surface area contributed by atoms with Crippen LogP contribution < -0.4 is 5.32 Å². The van der Waals surface area contributed by atoms with Gasteiger partial charge in [-0.1, -0.05) is 19.3 Å². The standard InChI is InChI=1S/C20H22N2O5/c23-17(21-13-8-12(9-13)20(26)27)11-6-7-15-16(10-11)19(25)22(18(15)24)14-4-2-1-3-5-14/h6-7,10,12-14H,1-5,8-9H2,(H,21,23)(H,26,27). The molecule has 1 aliphatic heterocycles. The molecule has 142 valence electrons. The second kappa shape index (κ2) is 6.79. The monoisotopic (exact) mass is 370 g/mol. The Bertz CT molecular complexity index is 822. The fourth-order valence-electron chi connectivity index (χ4n) is 4.28. The molecule has 7 heteroatoms. The molecule has 0 aromatic heterocycles. The lowest BCUT2D eigenvalue weighted by Crippen LogP contribution is -2.46. The Balaban J connectivity index is 1.47. The molecule has 1 heterocycles. The van der Waals surface area contributed by atoms with Crippen molar-refractivity contribution in [2.45, 2.75) is 57.0 Å². The molecule has 7 nitrogen and oxygen atoms in total. The minimum absolute atomic E-state index is 0.0497. The molecular formula is C20H22N2O5. The van der Waals surface area contributed by atoms with Crippen molar-refractivity contribution in [1.29, 1.82) is 0 Å². The van der Waals surface area contributed by atoms with Crippen LogP contribution in [0.2, 0.25) is 0 Å². The van der Waals surface area contributed by atoms with E-state index in [-0.39, 0.29) is 35.4 Å². The van der Waals surface area contributed by atoms with Gasteiger partial charge in [0.2, 0.25) is 0 Å². The van der Waals surface area contributed by atoms with E-state index in [4.69, 9.17) is 5.11 Å². The average molecular weight is 370 g/mol. The summed E-state index contributed by atoms with van der Waals surface area (Å²) in [5, 5.41) is 11.7. The number of rotatable bonds is 4.